The Hall–Kier alpha value is -0.570. The number of carboxylic acid groups (broad SMARTS) is 1. The molecule has 0 aromatic carbocycles. The van der Waals surface area contributed by atoms with Crippen molar-refractivity contribution in [2.75, 3.05) is 0 Å². The smallest absolute Gasteiger partial charge is 0.323 e. The Kier molecular flexibility index (Phi) is 4.99. The van der Waals surface area contributed by atoms with Crippen LogP contribution in [-0.2, 0) is 4.79 Å². The van der Waals surface area contributed by atoms with Gasteiger partial charge in [0, 0.05) is 6.04 Å². The van der Waals surface area contributed by atoms with E-state index in [4.69, 9.17) is 0 Å². The van der Waals surface area contributed by atoms with Crippen molar-refractivity contribution in [2.24, 2.45) is 11.8 Å². The molecule has 0 aliphatic heterocycles. The summed E-state index contributed by atoms with van der Waals surface area (Å²) in [7, 11) is 0. The molecule has 1 fully saturated rings. The van der Waals surface area contributed by atoms with Crippen LogP contribution in [0.15, 0.2) is 0 Å². The van der Waals surface area contributed by atoms with E-state index in [1.54, 1.807) is 0 Å². The van der Waals surface area contributed by atoms with Crippen LogP contribution in [0.1, 0.15) is 59.8 Å². The van der Waals surface area contributed by atoms with Gasteiger partial charge in [-0.25, -0.2) is 0 Å². The molecule has 0 bridgehead atoms. The van der Waals surface area contributed by atoms with Crippen LogP contribution in [0.4, 0.5) is 0 Å². The van der Waals surface area contributed by atoms with E-state index in [9.17, 15) is 9.90 Å². The molecule has 1 aliphatic carbocycles. The SMILES string of the molecule is CCCC(C)(NC1CC(C)CCC1C)C(=O)O. The van der Waals surface area contributed by atoms with Gasteiger partial charge in [0.15, 0.2) is 0 Å². The zero-order valence-electron chi connectivity index (χ0n) is 11.6. The van der Waals surface area contributed by atoms with E-state index in [-0.39, 0.29) is 0 Å². The molecule has 1 aliphatic rings. The minimum absolute atomic E-state index is 0.353. The van der Waals surface area contributed by atoms with Crippen molar-refractivity contribution >= 4 is 5.97 Å². The summed E-state index contributed by atoms with van der Waals surface area (Å²) in [4.78, 5) is 11.4. The highest BCUT2D eigenvalue weighted by Gasteiger charge is 2.37. The van der Waals surface area contributed by atoms with E-state index in [0.29, 0.717) is 24.3 Å². The molecule has 2 N–H and O–H groups in total. The molecular weight excluding hydrogens is 214 g/mol. The van der Waals surface area contributed by atoms with E-state index in [2.05, 4.69) is 19.2 Å². The van der Waals surface area contributed by atoms with Crippen LogP contribution >= 0.6 is 0 Å². The first-order valence-electron chi connectivity index (χ1n) is 6.90. The molecule has 1 rings (SSSR count). The summed E-state index contributed by atoms with van der Waals surface area (Å²) in [6.45, 7) is 8.36. The molecule has 0 aromatic heterocycles. The first kappa shape index (κ1) is 14.5. The lowest BCUT2D eigenvalue weighted by Crippen LogP contribution is -2.56. The minimum Gasteiger partial charge on any atom is -0.480 e. The van der Waals surface area contributed by atoms with Gasteiger partial charge in [0.25, 0.3) is 0 Å². The topological polar surface area (TPSA) is 49.3 Å². The summed E-state index contributed by atoms with van der Waals surface area (Å²) in [5.74, 6) is 0.579. The molecule has 1 saturated carbocycles. The summed E-state index contributed by atoms with van der Waals surface area (Å²) < 4.78 is 0. The predicted molar refractivity (Wildman–Crippen MR) is 70.1 cm³/mol. The molecule has 100 valence electrons. The van der Waals surface area contributed by atoms with Gasteiger partial charge in [-0.2, -0.15) is 0 Å². The largest absolute Gasteiger partial charge is 0.480 e. The lowest BCUT2D eigenvalue weighted by Gasteiger charge is -2.39. The van der Waals surface area contributed by atoms with Crippen molar-refractivity contribution in [1.29, 1.82) is 0 Å². The maximum absolute atomic E-state index is 11.4. The molecule has 0 saturated heterocycles. The molecule has 0 amide bonds. The average molecular weight is 241 g/mol. The Bertz CT molecular complexity index is 267. The fraction of sp³-hybridized carbons (Fsp3) is 0.929. The summed E-state index contributed by atoms with van der Waals surface area (Å²) in [5, 5.41) is 12.8. The van der Waals surface area contributed by atoms with Gasteiger partial charge in [0.05, 0.1) is 0 Å². The average Bonchev–Trinajstić information content (AvgIpc) is 2.23. The van der Waals surface area contributed by atoms with Gasteiger partial charge in [-0.3, -0.25) is 10.1 Å². The van der Waals surface area contributed by atoms with Crippen molar-refractivity contribution in [3.63, 3.8) is 0 Å². The summed E-state index contributed by atoms with van der Waals surface area (Å²) in [6.07, 6.45) is 5.18. The highest BCUT2D eigenvalue weighted by atomic mass is 16.4. The van der Waals surface area contributed by atoms with E-state index in [0.717, 1.165) is 12.8 Å². The summed E-state index contributed by atoms with van der Waals surface area (Å²) in [5.41, 5.74) is -0.759. The third-order valence-electron chi connectivity index (χ3n) is 4.18. The van der Waals surface area contributed by atoms with Gasteiger partial charge < -0.3 is 5.11 Å². The fourth-order valence-corrected chi connectivity index (χ4v) is 2.88. The van der Waals surface area contributed by atoms with Crippen molar-refractivity contribution in [1.82, 2.24) is 5.32 Å². The predicted octanol–water partition coefficient (Wildman–Crippen LogP) is 3.04. The van der Waals surface area contributed by atoms with Gasteiger partial charge in [-0.05, 0) is 38.0 Å². The standard InChI is InChI=1S/C14H27NO2/c1-5-8-14(4,13(16)17)15-12-9-10(2)6-7-11(12)3/h10-12,15H,5-9H2,1-4H3,(H,16,17). The molecule has 0 radical (unpaired) electrons. The van der Waals surface area contributed by atoms with Gasteiger partial charge in [-0.1, -0.05) is 33.6 Å². The van der Waals surface area contributed by atoms with Crippen LogP contribution in [0.25, 0.3) is 0 Å². The second-order valence-corrected chi connectivity index (χ2v) is 6.03. The molecule has 3 nitrogen and oxygen atoms in total. The van der Waals surface area contributed by atoms with Crippen LogP contribution in [-0.4, -0.2) is 22.7 Å². The molecule has 0 spiro atoms. The molecule has 3 heteroatoms. The molecule has 0 aromatic rings. The van der Waals surface area contributed by atoms with Gasteiger partial charge >= 0.3 is 5.97 Å². The summed E-state index contributed by atoms with van der Waals surface area (Å²) >= 11 is 0. The van der Waals surface area contributed by atoms with Crippen molar-refractivity contribution in [3.05, 3.63) is 0 Å². The first-order chi connectivity index (χ1) is 7.89. The number of hydrogen-bond donors (Lipinski definition) is 2. The van der Waals surface area contributed by atoms with E-state index >= 15 is 0 Å². The van der Waals surface area contributed by atoms with Crippen molar-refractivity contribution < 1.29 is 9.90 Å². The Morgan fingerprint density at radius 2 is 2.06 bits per heavy atom. The van der Waals surface area contributed by atoms with Crippen molar-refractivity contribution in [2.45, 2.75) is 71.4 Å². The highest BCUT2D eigenvalue weighted by Crippen LogP contribution is 2.30. The van der Waals surface area contributed by atoms with Crippen LogP contribution in [0.5, 0.6) is 0 Å². The quantitative estimate of drug-likeness (QED) is 0.778. The number of aliphatic carboxylic acids is 1. The van der Waals surface area contributed by atoms with E-state index in [1.165, 1.54) is 12.8 Å². The van der Waals surface area contributed by atoms with Crippen molar-refractivity contribution in [3.8, 4) is 0 Å². The number of nitrogens with one attached hydrogen (secondary N) is 1. The van der Waals surface area contributed by atoms with Crippen LogP contribution < -0.4 is 5.32 Å². The van der Waals surface area contributed by atoms with Gasteiger partial charge in [0.2, 0.25) is 0 Å². The van der Waals surface area contributed by atoms with Crippen LogP contribution in [0, 0.1) is 11.8 Å². The molecular formula is C14H27NO2. The lowest BCUT2D eigenvalue weighted by atomic mass is 9.78. The highest BCUT2D eigenvalue weighted by molar-refractivity contribution is 5.78. The third kappa shape index (κ3) is 3.70. The maximum atomic E-state index is 11.4. The van der Waals surface area contributed by atoms with Gasteiger partial charge in [0.1, 0.15) is 5.54 Å². The number of carboxylic acids is 1. The van der Waals surface area contributed by atoms with E-state index < -0.39 is 11.5 Å². The van der Waals surface area contributed by atoms with E-state index in [1.807, 2.05) is 13.8 Å². The molecule has 0 heterocycles. The lowest BCUT2D eigenvalue weighted by molar-refractivity contribution is -0.145. The number of carbonyl (C=O) groups is 1. The summed E-state index contributed by atoms with van der Waals surface area (Å²) in [6, 6.07) is 0.353. The first-order valence-corrected chi connectivity index (χ1v) is 6.90. The van der Waals surface area contributed by atoms with Crippen LogP contribution in [0.3, 0.4) is 0 Å². The Labute approximate surface area is 105 Å². The monoisotopic (exact) mass is 241 g/mol. The van der Waals surface area contributed by atoms with Crippen LogP contribution in [0.2, 0.25) is 0 Å². The second kappa shape index (κ2) is 5.85. The zero-order chi connectivity index (χ0) is 13.1. The third-order valence-corrected chi connectivity index (χ3v) is 4.18. The number of rotatable bonds is 5. The normalized spacial score (nSPS) is 33.1. The molecule has 17 heavy (non-hydrogen) atoms. The second-order valence-electron chi connectivity index (χ2n) is 6.03. The Balaban J connectivity index is 2.68. The van der Waals surface area contributed by atoms with Gasteiger partial charge in [-0.15, -0.1) is 0 Å². The maximum Gasteiger partial charge on any atom is 0.323 e. The molecule has 4 atom stereocenters. The Morgan fingerprint density at radius 1 is 1.41 bits per heavy atom. The molecule has 4 unspecified atom stereocenters. The fourth-order valence-electron chi connectivity index (χ4n) is 2.88. The number of hydrogen-bond acceptors (Lipinski definition) is 2. The zero-order valence-corrected chi connectivity index (χ0v) is 11.6. The Morgan fingerprint density at radius 3 is 2.59 bits per heavy atom. The minimum atomic E-state index is -0.759.